The summed E-state index contributed by atoms with van der Waals surface area (Å²) in [5.74, 6) is 1.65. The van der Waals surface area contributed by atoms with E-state index in [0.29, 0.717) is 29.6 Å². The molecule has 2 aromatic carbocycles. The van der Waals surface area contributed by atoms with Gasteiger partial charge in [-0.1, -0.05) is 12.1 Å². The molecule has 10 nitrogen and oxygen atoms in total. The van der Waals surface area contributed by atoms with E-state index in [9.17, 15) is 13.2 Å². The van der Waals surface area contributed by atoms with Crippen molar-refractivity contribution in [2.45, 2.75) is 26.0 Å². The summed E-state index contributed by atoms with van der Waals surface area (Å²) in [6.45, 7) is 1.97. The van der Waals surface area contributed by atoms with Gasteiger partial charge in [0.15, 0.2) is 6.10 Å². The second-order valence-electron chi connectivity index (χ2n) is 7.67. The molecule has 0 aliphatic heterocycles. The lowest BCUT2D eigenvalue weighted by molar-refractivity contribution is -0.138. The zero-order valence-electron chi connectivity index (χ0n) is 19.8. The van der Waals surface area contributed by atoms with Gasteiger partial charge in [-0.2, -0.15) is 4.98 Å². The Labute approximate surface area is 199 Å². The van der Waals surface area contributed by atoms with Crippen LogP contribution in [0.1, 0.15) is 19.2 Å². The van der Waals surface area contributed by atoms with Gasteiger partial charge in [-0.15, -0.1) is 0 Å². The molecule has 3 aromatic rings. The Morgan fingerprint density at radius 1 is 1.06 bits per heavy atom. The molecule has 1 heterocycles. The van der Waals surface area contributed by atoms with Crippen LogP contribution in [0, 0.1) is 0 Å². The van der Waals surface area contributed by atoms with Crippen molar-refractivity contribution in [2.75, 3.05) is 31.8 Å². The fourth-order valence-corrected chi connectivity index (χ4v) is 3.61. The number of hydrogen-bond donors (Lipinski definition) is 0. The third kappa shape index (κ3) is 6.04. The Bertz CT molecular complexity index is 1210. The van der Waals surface area contributed by atoms with Crippen LogP contribution in [0.4, 0.5) is 5.69 Å². The van der Waals surface area contributed by atoms with Crippen LogP contribution < -0.4 is 13.8 Å². The molecule has 0 aliphatic carbocycles. The van der Waals surface area contributed by atoms with Gasteiger partial charge in [0.05, 0.1) is 25.6 Å². The molecule has 0 fully saturated rings. The van der Waals surface area contributed by atoms with Crippen LogP contribution in [-0.2, 0) is 21.4 Å². The van der Waals surface area contributed by atoms with E-state index < -0.39 is 16.1 Å². The summed E-state index contributed by atoms with van der Waals surface area (Å²) in [5.41, 5.74) is 1.26. The molecule has 0 radical (unpaired) electrons. The lowest BCUT2D eigenvalue weighted by Gasteiger charge is -2.23. The fourth-order valence-electron chi connectivity index (χ4n) is 3.10. The molecule has 0 saturated carbocycles. The highest BCUT2D eigenvalue weighted by atomic mass is 32.2. The number of ether oxygens (including phenoxy) is 2. The largest absolute Gasteiger partial charge is 0.497 e. The number of aromatic nitrogens is 2. The van der Waals surface area contributed by atoms with Crippen LogP contribution in [0.15, 0.2) is 53.1 Å². The standard InChI is InChI=1S/C23H28N4O6S/c1-6-20(32-19-13-9-17(10-14-19)27(3)34(5,29)30)23(28)26(2)15-21-24-22(25-33-21)16-7-11-18(31-4)12-8-16/h7-14,20H,6,15H2,1-5H3/t20-/m1/s1. The highest BCUT2D eigenvalue weighted by molar-refractivity contribution is 7.92. The smallest absolute Gasteiger partial charge is 0.263 e. The van der Waals surface area contributed by atoms with Crippen LogP contribution in [0.2, 0.25) is 0 Å². The molecular weight excluding hydrogens is 460 g/mol. The first-order valence-corrected chi connectivity index (χ1v) is 12.4. The molecule has 34 heavy (non-hydrogen) atoms. The van der Waals surface area contributed by atoms with E-state index in [1.807, 2.05) is 19.1 Å². The second-order valence-corrected chi connectivity index (χ2v) is 9.69. The molecular formula is C23H28N4O6S. The normalized spacial score (nSPS) is 12.1. The van der Waals surface area contributed by atoms with Gasteiger partial charge >= 0.3 is 0 Å². The van der Waals surface area contributed by atoms with Crippen molar-refractivity contribution < 1.29 is 27.2 Å². The van der Waals surface area contributed by atoms with E-state index in [-0.39, 0.29) is 12.5 Å². The maximum atomic E-state index is 12.9. The molecule has 0 spiro atoms. The Morgan fingerprint density at radius 2 is 1.68 bits per heavy atom. The van der Waals surface area contributed by atoms with Crippen molar-refractivity contribution in [3.63, 3.8) is 0 Å². The van der Waals surface area contributed by atoms with Gasteiger partial charge < -0.3 is 18.9 Å². The van der Waals surface area contributed by atoms with Crippen molar-refractivity contribution in [1.82, 2.24) is 15.0 Å². The van der Waals surface area contributed by atoms with Gasteiger partial charge in [-0.3, -0.25) is 9.10 Å². The van der Waals surface area contributed by atoms with E-state index >= 15 is 0 Å². The minimum absolute atomic E-state index is 0.125. The molecule has 0 N–H and O–H groups in total. The van der Waals surface area contributed by atoms with Crippen molar-refractivity contribution in [2.24, 2.45) is 0 Å². The molecule has 3 rings (SSSR count). The summed E-state index contributed by atoms with van der Waals surface area (Å²) in [5, 5.41) is 3.98. The average Bonchev–Trinajstić information content (AvgIpc) is 3.29. The molecule has 1 amide bonds. The van der Waals surface area contributed by atoms with E-state index in [1.165, 1.54) is 11.9 Å². The van der Waals surface area contributed by atoms with Gasteiger partial charge in [0, 0.05) is 19.7 Å². The number of hydrogen-bond acceptors (Lipinski definition) is 8. The van der Waals surface area contributed by atoms with Crippen molar-refractivity contribution in [3.8, 4) is 22.9 Å². The van der Waals surface area contributed by atoms with Crippen molar-refractivity contribution >= 4 is 21.6 Å². The third-order valence-electron chi connectivity index (χ3n) is 5.19. The second kappa shape index (κ2) is 10.6. The maximum absolute atomic E-state index is 12.9. The van der Waals surface area contributed by atoms with E-state index in [1.54, 1.807) is 50.6 Å². The number of nitrogens with zero attached hydrogens (tertiary/aromatic N) is 4. The zero-order chi connectivity index (χ0) is 24.9. The number of carbonyl (C=O) groups is 1. The summed E-state index contributed by atoms with van der Waals surface area (Å²) in [4.78, 5) is 18.8. The number of likely N-dealkylation sites (N-methyl/N-ethyl adjacent to an activating group) is 1. The van der Waals surface area contributed by atoms with Gasteiger partial charge in [0.25, 0.3) is 5.91 Å². The maximum Gasteiger partial charge on any atom is 0.263 e. The first-order valence-electron chi connectivity index (χ1n) is 10.5. The van der Waals surface area contributed by atoms with Gasteiger partial charge in [0.1, 0.15) is 11.5 Å². The zero-order valence-corrected chi connectivity index (χ0v) is 20.6. The monoisotopic (exact) mass is 488 g/mol. The number of anilines is 1. The summed E-state index contributed by atoms with van der Waals surface area (Å²) in [7, 11) is 1.33. The first kappa shape index (κ1) is 25.0. The third-order valence-corrected chi connectivity index (χ3v) is 6.39. The van der Waals surface area contributed by atoms with E-state index in [2.05, 4.69) is 10.1 Å². The lowest BCUT2D eigenvalue weighted by Crippen LogP contribution is -2.39. The Hall–Kier alpha value is -3.60. The quantitative estimate of drug-likeness (QED) is 0.428. The van der Waals surface area contributed by atoms with Crippen LogP contribution >= 0.6 is 0 Å². The highest BCUT2D eigenvalue weighted by Crippen LogP contribution is 2.23. The number of benzene rings is 2. The van der Waals surface area contributed by atoms with E-state index in [4.69, 9.17) is 14.0 Å². The van der Waals surface area contributed by atoms with Crippen molar-refractivity contribution in [3.05, 3.63) is 54.4 Å². The van der Waals surface area contributed by atoms with Crippen LogP contribution in [0.5, 0.6) is 11.5 Å². The predicted octanol–water partition coefficient (Wildman–Crippen LogP) is 2.96. The molecule has 1 atom stereocenters. The summed E-state index contributed by atoms with van der Waals surface area (Å²) in [6, 6.07) is 13.8. The average molecular weight is 489 g/mol. The Morgan fingerprint density at radius 3 is 2.24 bits per heavy atom. The fraction of sp³-hybridized carbons (Fsp3) is 0.348. The minimum Gasteiger partial charge on any atom is -0.497 e. The summed E-state index contributed by atoms with van der Waals surface area (Å²) in [6.07, 6.45) is 0.838. The van der Waals surface area contributed by atoms with Crippen molar-refractivity contribution in [1.29, 1.82) is 0 Å². The molecule has 182 valence electrons. The van der Waals surface area contributed by atoms with Gasteiger partial charge in [0.2, 0.25) is 21.7 Å². The molecule has 0 unspecified atom stereocenters. The number of rotatable bonds is 10. The predicted molar refractivity (Wildman–Crippen MR) is 127 cm³/mol. The van der Waals surface area contributed by atoms with Crippen LogP contribution in [-0.4, -0.2) is 62.9 Å². The number of sulfonamides is 1. The molecule has 11 heteroatoms. The number of amides is 1. The SMILES string of the molecule is CC[C@@H](Oc1ccc(N(C)S(C)(=O)=O)cc1)C(=O)N(C)Cc1nc(-c2ccc(OC)cc2)no1. The first-order chi connectivity index (χ1) is 16.1. The molecule has 0 bridgehead atoms. The summed E-state index contributed by atoms with van der Waals surface area (Å²) >= 11 is 0. The van der Waals surface area contributed by atoms with Gasteiger partial charge in [-0.05, 0) is 55.0 Å². The Balaban J connectivity index is 1.63. The minimum atomic E-state index is -3.36. The van der Waals surface area contributed by atoms with Crippen LogP contribution in [0.25, 0.3) is 11.4 Å². The summed E-state index contributed by atoms with van der Waals surface area (Å²) < 4.78 is 40.9. The topological polar surface area (TPSA) is 115 Å². The number of methoxy groups -OCH3 is 1. The van der Waals surface area contributed by atoms with Gasteiger partial charge in [-0.25, -0.2) is 8.42 Å². The molecule has 1 aromatic heterocycles. The molecule has 0 saturated heterocycles. The highest BCUT2D eigenvalue weighted by Gasteiger charge is 2.24. The van der Waals surface area contributed by atoms with Crippen LogP contribution in [0.3, 0.4) is 0 Å². The Kier molecular flexibility index (Phi) is 7.77. The van der Waals surface area contributed by atoms with E-state index in [0.717, 1.165) is 21.9 Å². The number of carbonyl (C=O) groups excluding carboxylic acids is 1. The molecule has 0 aliphatic rings. The lowest BCUT2D eigenvalue weighted by atomic mass is 10.2.